The van der Waals surface area contributed by atoms with Crippen LogP contribution in [0.5, 0.6) is 0 Å². The van der Waals surface area contributed by atoms with Gasteiger partial charge in [-0.2, -0.15) is 0 Å². The molecule has 0 spiro atoms. The molecule has 1 aromatic carbocycles. The largest absolute Gasteiger partial charge is 0.445 e. The lowest BCUT2D eigenvalue weighted by Crippen LogP contribution is -2.52. The number of carbonyl (C=O) groups is 2. The minimum Gasteiger partial charge on any atom is -0.445 e. The molecule has 0 N–H and O–H groups in total. The van der Waals surface area contributed by atoms with Crippen molar-refractivity contribution in [3.63, 3.8) is 0 Å². The number of rotatable bonds is 5. The van der Waals surface area contributed by atoms with E-state index in [2.05, 4.69) is 0 Å². The maximum atomic E-state index is 12.4. The van der Waals surface area contributed by atoms with E-state index < -0.39 is 5.60 Å². The van der Waals surface area contributed by atoms with Gasteiger partial charge in [-0.05, 0) is 18.4 Å². The summed E-state index contributed by atoms with van der Waals surface area (Å²) in [5.74, 6) is 0.392. The second-order valence-corrected chi connectivity index (χ2v) is 6.36. The molecule has 2 fully saturated rings. The van der Waals surface area contributed by atoms with Crippen LogP contribution in [0.2, 0.25) is 0 Å². The van der Waals surface area contributed by atoms with E-state index in [-0.39, 0.29) is 24.4 Å². The van der Waals surface area contributed by atoms with Gasteiger partial charge in [-0.3, -0.25) is 4.79 Å². The number of likely N-dealkylation sites (tertiary alicyclic amines) is 1. The lowest BCUT2D eigenvalue weighted by molar-refractivity contribution is -0.148. The molecular formula is C18H23NO4. The van der Waals surface area contributed by atoms with Crippen LogP contribution in [0, 0.1) is 5.92 Å². The molecule has 2 aliphatic rings. The Bertz CT molecular complexity index is 560. The Morgan fingerprint density at radius 2 is 1.83 bits per heavy atom. The van der Waals surface area contributed by atoms with Gasteiger partial charge < -0.3 is 14.4 Å². The van der Waals surface area contributed by atoms with Crippen molar-refractivity contribution in [3.05, 3.63) is 35.9 Å². The molecule has 0 aromatic heterocycles. The van der Waals surface area contributed by atoms with Gasteiger partial charge in [0.1, 0.15) is 12.2 Å². The van der Waals surface area contributed by atoms with Gasteiger partial charge >= 0.3 is 6.09 Å². The van der Waals surface area contributed by atoms with Crippen LogP contribution in [0.3, 0.4) is 0 Å². The van der Waals surface area contributed by atoms with Crippen LogP contribution in [-0.2, 0) is 20.9 Å². The second kappa shape index (κ2) is 6.71. The molecule has 1 saturated carbocycles. The van der Waals surface area contributed by atoms with Crippen molar-refractivity contribution >= 4 is 11.9 Å². The van der Waals surface area contributed by atoms with Crippen molar-refractivity contribution in [2.75, 3.05) is 20.2 Å². The molecule has 0 atom stereocenters. The zero-order valence-corrected chi connectivity index (χ0v) is 13.5. The number of benzene rings is 1. The van der Waals surface area contributed by atoms with Gasteiger partial charge in [0.25, 0.3) is 0 Å². The van der Waals surface area contributed by atoms with Gasteiger partial charge in [0.2, 0.25) is 0 Å². The number of piperidine rings is 1. The molecule has 5 nitrogen and oxygen atoms in total. The summed E-state index contributed by atoms with van der Waals surface area (Å²) in [6.07, 6.45) is 2.75. The molecule has 0 bridgehead atoms. The standard InChI is InChI=1S/C18H23NO4/c1-22-18(16(20)15-7-8-15)9-11-19(12-10-18)17(21)23-13-14-5-3-2-4-6-14/h2-6,15H,7-13H2,1H3. The fourth-order valence-corrected chi connectivity index (χ4v) is 3.13. The number of hydrogen-bond acceptors (Lipinski definition) is 4. The van der Waals surface area contributed by atoms with Crippen LogP contribution >= 0.6 is 0 Å². The molecule has 23 heavy (non-hydrogen) atoms. The average Bonchev–Trinajstić information content (AvgIpc) is 3.45. The highest BCUT2D eigenvalue weighted by atomic mass is 16.6. The van der Waals surface area contributed by atoms with Crippen LogP contribution in [0.25, 0.3) is 0 Å². The van der Waals surface area contributed by atoms with Gasteiger partial charge in [-0.25, -0.2) is 4.79 Å². The number of hydrogen-bond donors (Lipinski definition) is 0. The van der Waals surface area contributed by atoms with Gasteiger partial charge in [0.05, 0.1) is 0 Å². The molecule has 1 aromatic rings. The number of methoxy groups -OCH3 is 1. The summed E-state index contributed by atoms with van der Waals surface area (Å²) in [4.78, 5) is 26.3. The quantitative estimate of drug-likeness (QED) is 0.838. The van der Waals surface area contributed by atoms with Crippen molar-refractivity contribution in [2.45, 2.75) is 37.9 Å². The smallest absolute Gasteiger partial charge is 0.410 e. The summed E-state index contributed by atoms with van der Waals surface area (Å²) in [5, 5.41) is 0. The second-order valence-electron chi connectivity index (χ2n) is 6.36. The third kappa shape index (κ3) is 3.55. The minimum absolute atomic E-state index is 0.173. The topological polar surface area (TPSA) is 55.8 Å². The van der Waals surface area contributed by atoms with E-state index in [0.717, 1.165) is 18.4 Å². The average molecular weight is 317 g/mol. The summed E-state index contributed by atoms with van der Waals surface area (Å²) in [7, 11) is 1.60. The molecule has 1 aliphatic heterocycles. The summed E-state index contributed by atoms with van der Waals surface area (Å²) < 4.78 is 10.9. The predicted molar refractivity (Wildman–Crippen MR) is 84.9 cm³/mol. The first kappa shape index (κ1) is 16.0. The van der Waals surface area contributed by atoms with Gasteiger partial charge in [-0.15, -0.1) is 0 Å². The molecule has 1 aliphatic carbocycles. The maximum Gasteiger partial charge on any atom is 0.410 e. The van der Waals surface area contributed by atoms with Crippen molar-refractivity contribution in [1.29, 1.82) is 0 Å². The first-order valence-electron chi connectivity index (χ1n) is 8.20. The number of nitrogens with zero attached hydrogens (tertiary/aromatic N) is 1. The molecule has 1 heterocycles. The Balaban J connectivity index is 1.51. The van der Waals surface area contributed by atoms with Crippen LogP contribution in [0.15, 0.2) is 30.3 Å². The highest BCUT2D eigenvalue weighted by molar-refractivity contribution is 5.91. The number of carbonyl (C=O) groups excluding carboxylic acids is 2. The van der Waals surface area contributed by atoms with Gasteiger partial charge in [0.15, 0.2) is 5.78 Å². The Kier molecular flexibility index (Phi) is 4.66. The molecule has 5 heteroatoms. The highest BCUT2D eigenvalue weighted by Crippen LogP contribution is 2.39. The van der Waals surface area contributed by atoms with Crippen molar-refractivity contribution < 1.29 is 19.1 Å². The van der Waals surface area contributed by atoms with E-state index in [9.17, 15) is 9.59 Å². The fourth-order valence-electron chi connectivity index (χ4n) is 3.13. The first-order chi connectivity index (χ1) is 11.1. The third-order valence-corrected chi connectivity index (χ3v) is 4.82. The molecule has 0 unspecified atom stereocenters. The van der Waals surface area contributed by atoms with Gasteiger partial charge in [0, 0.05) is 39.0 Å². The summed E-state index contributed by atoms with van der Waals surface area (Å²) in [6, 6.07) is 9.61. The van der Waals surface area contributed by atoms with Crippen molar-refractivity contribution in [3.8, 4) is 0 Å². The van der Waals surface area contributed by atoms with Crippen LogP contribution in [0.4, 0.5) is 4.79 Å². The lowest BCUT2D eigenvalue weighted by Gasteiger charge is -2.39. The SMILES string of the molecule is COC1(C(=O)C2CC2)CCN(C(=O)OCc2ccccc2)CC1. The Labute approximate surface area is 136 Å². The Morgan fingerprint density at radius 1 is 1.17 bits per heavy atom. The van der Waals surface area contributed by atoms with E-state index in [1.54, 1.807) is 12.0 Å². The van der Waals surface area contributed by atoms with Crippen LogP contribution in [-0.4, -0.2) is 42.6 Å². The molecule has 0 radical (unpaired) electrons. The van der Waals surface area contributed by atoms with E-state index in [1.165, 1.54) is 0 Å². The monoisotopic (exact) mass is 317 g/mol. The number of amides is 1. The lowest BCUT2D eigenvalue weighted by atomic mass is 9.85. The molecule has 1 saturated heterocycles. The first-order valence-corrected chi connectivity index (χ1v) is 8.20. The summed E-state index contributed by atoms with van der Waals surface area (Å²) in [6.45, 7) is 1.27. The normalized spacial score (nSPS) is 20.1. The number of ether oxygens (including phenoxy) is 2. The van der Waals surface area contributed by atoms with Gasteiger partial charge in [-0.1, -0.05) is 30.3 Å². The van der Waals surface area contributed by atoms with E-state index >= 15 is 0 Å². The summed E-state index contributed by atoms with van der Waals surface area (Å²) in [5.41, 5.74) is 0.269. The minimum atomic E-state index is -0.697. The third-order valence-electron chi connectivity index (χ3n) is 4.82. The van der Waals surface area contributed by atoms with E-state index in [1.807, 2.05) is 30.3 Å². The number of Topliss-reactive ketones (excluding diaryl/α,β-unsaturated/α-hetero) is 1. The number of ketones is 1. The highest BCUT2D eigenvalue weighted by Gasteiger charge is 2.48. The Hall–Kier alpha value is -1.88. The van der Waals surface area contributed by atoms with Crippen molar-refractivity contribution in [1.82, 2.24) is 4.90 Å². The van der Waals surface area contributed by atoms with E-state index in [0.29, 0.717) is 25.9 Å². The maximum absolute atomic E-state index is 12.4. The van der Waals surface area contributed by atoms with Crippen molar-refractivity contribution in [2.24, 2.45) is 5.92 Å². The summed E-state index contributed by atoms with van der Waals surface area (Å²) >= 11 is 0. The fraction of sp³-hybridized carbons (Fsp3) is 0.556. The molecule has 1 amide bonds. The molecule has 124 valence electrons. The van der Waals surface area contributed by atoms with Crippen LogP contribution < -0.4 is 0 Å². The molecular weight excluding hydrogens is 294 g/mol. The molecule has 3 rings (SSSR count). The predicted octanol–water partition coefficient (Wildman–Crippen LogP) is 2.78. The zero-order chi connectivity index (χ0) is 16.3. The Morgan fingerprint density at radius 3 is 2.39 bits per heavy atom. The van der Waals surface area contributed by atoms with E-state index in [4.69, 9.17) is 9.47 Å². The van der Waals surface area contributed by atoms with Crippen LogP contribution in [0.1, 0.15) is 31.2 Å². The zero-order valence-electron chi connectivity index (χ0n) is 13.5.